The van der Waals surface area contributed by atoms with E-state index in [0.717, 1.165) is 9.35 Å². The Bertz CT molecular complexity index is 377. The number of carboxylic acid groups (broad SMARTS) is 1. The standard InChI is InChI=1S/C9H10BrNO3S/c1-5(12)11-7(9(13)14)4-6-2-3-15-8(6)10/h2-3,7H,4H2,1H3,(H,11,12)(H,13,14). The monoisotopic (exact) mass is 291 g/mol. The molecule has 1 aromatic heterocycles. The number of amides is 1. The molecule has 4 nitrogen and oxygen atoms in total. The third kappa shape index (κ3) is 3.64. The average Bonchev–Trinajstić information content (AvgIpc) is 2.50. The SMILES string of the molecule is CC(=O)NC(Cc1ccsc1Br)C(=O)O. The average molecular weight is 292 g/mol. The molecule has 1 unspecified atom stereocenters. The number of rotatable bonds is 4. The van der Waals surface area contributed by atoms with Gasteiger partial charge >= 0.3 is 5.97 Å². The van der Waals surface area contributed by atoms with E-state index in [0.29, 0.717) is 6.42 Å². The van der Waals surface area contributed by atoms with E-state index in [1.807, 2.05) is 11.4 Å². The zero-order valence-electron chi connectivity index (χ0n) is 7.99. The Labute approximate surface area is 99.4 Å². The maximum Gasteiger partial charge on any atom is 0.326 e. The summed E-state index contributed by atoms with van der Waals surface area (Å²) in [5.41, 5.74) is 0.890. The van der Waals surface area contributed by atoms with Gasteiger partial charge < -0.3 is 10.4 Å². The zero-order valence-corrected chi connectivity index (χ0v) is 10.4. The van der Waals surface area contributed by atoms with Crippen molar-refractivity contribution >= 4 is 39.1 Å². The van der Waals surface area contributed by atoms with Crippen molar-refractivity contribution in [3.63, 3.8) is 0 Å². The Kier molecular flexibility index (Phi) is 4.28. The van der Waals surface area contributed by atoms with Gasteiger partial charge in [0.15, 0.2) is 0 Å². The minimum Gasteiger partial charge on any atom is -0.480 e. The molecule has 0 fully saturated rings. The molecule has 1 heterocycles. The maximum absolute atomic E-state index is 10.8. The van der Waals surface area contributed by atoms with Crippen LogP contribution in [0.25, 0.3) is 0 Å². The summed E-state index contributed by atoms with van der Waals surface area (Å²) in [7, 11) is 0. The third-order valence-corrected chi connectivity index (χ3v) is 3.60. The molecule has 0 aliphatic rings. The Morgan fingerprint density at radius 3 is 2.73 bits per heavy atom. The van der Waals surface area contributed by atoms with E-state index in [4.69, 9.17) is 5.11 Å². The summed E-state index contributed by atoms with van der Waals surface area (Å²) in [4.78, 5) is 21.6. The molecule has 1 amide bonds. The van der Waals surface area contributed by atoms with Gasteiger partial charge in [-0.05, 0) is 32.9 Å². The zero-order chi connectivity index (χ0) is 11.4. The van der Waals surface area contributed by atoms with Gasteiger partial charge in [-0.1, -0.05) is 0 Å². The Hall–Kier alpha value is -0.880. The molecule has 6 heteroatoms. The van der Waals surface area contributed by atoms with Gasteiger partial charge in [0.2, 0.25) is 5.91 Å². The van der Waals surface area contributed by atoms with Crippen molar-refractivity contribution in [2.75, 3.05) is 0 Å². The predicted octanol–water partition coefficient (Wildman–Crippen LogP) is 1.64. The molecule has 0 radical (unpaired) electrons. The van der Waals surface area contributed by atoms with Crippen LogP contribution in [0, 0.1) is 0 Å². The molecule has 0 bridgehead atoms. The highest BCUT2D eigenvalue weighted by Crippen LogP contribution is 2.24. The van der Waals surface area contributed by atoms with E-state index in [1.165, 1.54) is 18.3 Å². The minimum absolute atomic E-state index is 0.291. The largest absolute Gasteiger partial charge is 0.480 e. The van der Waals surface area contributed by atoms with Crippen LogP contribution in [0.15, 0.2) is 15.2 Å². The highest BCUT2D eigenvalue weighted by molar-refractivity contribution is 9.11. The second-order valence-electron chi connectivity index (χ2n) is 3.02. The molecule has 0 saturated carbocycles. The van der Waals surface area contributed by atoms with Crippen molar-refractivity contribution in [2.45, 2.75) is 19.4 Å². The summed E-state index contributed by atoms with van der Waals surface area (Å²) >= 11 is 4.81. The minimum atomic E-state index is -1.02. The van der Waals surface area contributed by atoms with Crippen LogP contribution in [0.5, 0.6) is 0 Å². The molecule has 1 aromatic rings. The molecule has 0 spiro atoms. The van der Waals surface area contributed by atoms with Crippen molar-refractivity contribution in [2.24, 2.45) is 0 Å². The summed E-state index contributed by atoms with van der Waals surface area (Å²) in [6.07, 6.45) is 0.291. The molecular weight excluding hydrogens is 282 g/mol. The van der Waals surface area contributed by atoms with E-state index in [9.17, 15) is 9.59 Å². The number of carboxylic acids is 1. The van der Waals surface area contributed by atoms with E-state index in [-0.39, 0.29) is 5.91 Å². The van der Waals surface area contributed by atoms with Crippen molar-refractivity contribution < 1.29 is 14.7 Å². The van der Waals surface area contributed by atoms with Crippen LogP contribution in [-0.4, -0.2) is 23.0 Å². The predicted molar refractivity (Wildman–Crippen MR) is 61.0 cm³/mol. The normalized spacial score (nSPS) is 12.1. The molecule has 0 aliphatic heterocycles. The highest BCUT2D eigenvalue weighted by atomic mass is 79.9. The summed E-state index contributed by atoms with van der Waals surface area (Å²) in [5, 5.41) is 13.1. The summed E-state index contributed by atoms with van der Waals surface area (Å²) < 4.78 is 0.902. The van der Waals surface area contributed by atoms with Gasteiger partial charge in [0.05, 0.1) is 3.79 Å². The Morgan fingerprint density at radius 1 is 1.67 bits per heavy atom. The molecule has 82 valence electrons. The number of hydrogen-bond donors (Lipinski definition) is 2. The van der Waals surface area contributed by atoms with Gasteiger partial charge in [0, 0.05) is 13.3 Å². The van der Waals surface area contributed by atoms with E-state index < -0.39 is 12.0 Å². The molecule has 0 aromatic carbocycles. The first-order chi connectivity index (χ1) is 7.00. The van der Waals surface area contributed by atoms with Crippen LogP contribution in [0.1, 0.15) is 12.5 Å². The van der Waals surface area contributed by atoms with Gasteiger partial charge in [0.25, 0.3) is 0 Å². The summed E-state index contributed by atoms with van der Waals surface area (Å²) in [6, 6.07) is 0.973. The lowest BCUT2D eigenvalue weighted by Crippen LogP contribution is -2.41. The smallest absolute Gasteiger partial charge is 0.326 e. The fourth-order valence-corrected chi connectivity index (χ4v) is 2.40. The summed E-state index contributed by atoms with van der Waals surface area (Å²) in [6.45, 7) is 1.30. The first kappa shape index (κ1) is 12.2. The van der Waals surface area contributed by atoms with E-state index in [1.54, 1.807) is 0 Å². The lowest BCUT2D eigenvalue weighted by molar-refractivity contribution is -0.141. The van der Waals surface area contributed by atoms with Gasteiger partial charge in [-0.25, -0.2) is 4.79 Å². The molecule has 1 rings (SSSR count). The number of aliphatic carboxylic acids is 1. The van der Waals surface area contributed by atoms with Crippen molar-refractivity contribution in [1.82, 2.24) is 5.32 Å². The van der Waals surface area contributed by atoms with Crippen molar-refractivity contribution in [1.29, 1.82) is 0 Å². The van der Waals surface area contributed by atoms with Gasteiger partial charge in [-0.2, -0.15) is 0 Å². The fourth-order valence-electron chi connectivity index (χ4n) is 1.13. The number of hydrogen-bond acceptors (Lipinski definition) is 3. The van der Waals surface area contributed by atoms with Crippen molar-refractivity contribution in [3.05, 3.63) is 20.8 Å². The van der Waals surface area contributed by atoms with Gasteiger partial charge in [-0.15, -0.1) is 11.3 Å². The van der Waals surface area contributed by atoms with E-state index >= 15 is 0 Å². The van der Waals surface area contributed by atoms with Crippen LogP contribution in [0.4, 0.5) is 0 Å². The Morgan fingerprint density at radius 2 is 2.33 bits per heavy atom. The van der Waals surface area contributed by atoms with Crippen molar-refractivity contribution in [3.8, 4) is 0 Å². The number of carbonyl (C=O) groups excluding carboxylic acids is 1. The number of nitrogens with one attached hydrogen (secondary N) is 1. The van der Waals surface area contributed by atoms with Gasteiger partial charge in [-0.3, -0.25) is 4.79 Å². The van der Waals surface area contributed by atoms with Gasteiger partial charge in [0.1, 0.15) is 6.04 Å². The lowest BCUT2D eigenvalue weighted by atomic mass is 10.1. The Balaban J connectivity index is 2.71. The molecule has 1 atom stereocenters. The van der Waals surface area contributed by atoms with Crippen LogP contribution in [0.2, 0.25) is 0 Å². The van der Waals surface area contributed by atoms with E-state index in [2.05, 4.69) is 21.2 Å². The van der Waals surface area contributed by atoms with Crippen LogP contribution >= 0.6 is 27.3 Å². The van der Waals surface area contributed by atoms with Crippen LogP contribution in [-0.2, 0) is 16.0 Å². The highest BCUT2D eigenvalue weighted by Gasteiger charge is 2.20. The lowest BCUT2D eigenvalue weighted by Gasteiger charge is -2.12. The quantitative estimate of drug-likeness (QED) is 0.886. The molecule has 0 saturated heterocycles. The van der Waals surface area contributed by atoms with Crippen LogP contribution in [0.3, 0.4) is 0 Å². The summed E-state index contributed by atoms with van der Waals surface area (Å²) in [5.74, 6) is -1.36. The first-order valence-electron chi connectivity index (χ1n) is 4.22. The third-order valence-electron chi connectivity index (χ3n) is 1.79. The second-order valence-corrected chi connectivity index (χ2v) is 5.25. The van der Waals surface area contributed by atoms with Crippen LogP contribution < -0.4 is 5.32 Å². The number of thiophene rings is 1. The fraction of sp³-hybridized carbons (Fsp3) is 0.333. The molecule has 15 heavy (non-hydrogen) atoms. The number of halogens is 1. The number of carbonyl (C=O) groups is 2. The molecule has 2 N–H and O–H groups in total. The molecular formula is C9H10BrNO3S. The maximum atomic E-state index is 10.8. The topological polar surface area (TPSA) is 66.4 Å². The first-order valence-corrected chi connectivity index (χ1v) is 5.89. The molecule has 0 aliphatic carbocycles. The second kappa shape index (κ2) is 5.27.